The molecule has 11 heteroatoms. The number of methoxy groups -OCH3 is 1. The second-order valence-electron chi connectivity index (χ2n) is 6.11. The molecule has 0 spiro atoms. The number of ether oxygens (including phenoxy) is 3. The van der Waals surface area contributed by atoms with E-state index in [9.17, 15) is 25.5 Å². The van der Waals surface area contributed by atoms with Gasteiger partial charge in [-0.05, 0) is 6.92 Å². The zero-order valence-electron chi connectivity index (χ0n) is 13.9. The van der Waals surface area contributed by atoms with Gasteiger partial charge >= 0.3 is 0 Å². The first-order valence-corrected chi connectivity index (χ1v) is 7.95. The van der Waals surface area contributed by atoms with Crippen molar-refractivity contribution in [1.82, 2.24) is 0 Å². The third-order valence-corrected chi connectivity index (χ3v) is 4.46. The lowest BCUT2D eigenvalue weighted by Crippen LogP contribution is -2.61. The monoisotopic (exact) mass is 370 g/mol. The Bertz CT molecular complexity index is 408. The Morgan fingerprint density at radius 1 is 0.760 bits per heavy atom. The van der Waals surface area contributed by atoms with Gasteiger partial charge in [-0.3, -0.25) is 0 Å². The van der Waals surface area contributed by atoms with Crippen molar-refractivity contribution in [3.8, 4) is 0 Å². The number of aliphatic hydroxyl groups excluding tert-OH is 6. The van der Waals surface area contributed by atoms with E-state index in [0.717, 1.165) is 0 Å². The minimum atomic E-state index is -1.63. The third kappa shape index (κ3) is 4.28. The summed E-state index contributed by atoms with van der Waals surface area (Å²) in [6, 6.07) is 0. The molecule has 0 aromatic rings. The van der Waals surface area contributed by atoms with Gasteiger partial charge in [0, 0.05) is 7.11 Å². The number of rotatable bonds is 6. The van der Waals surface area contributed by atoms with Crippen molar-refractivity contribution >= 4 is 0 Å². The zero-order chi connectivity index (χ0) is 18.7. The first-order valence-electron chi connectivity index (χ1n) is 7.95. The highest BCUT2D eigenvalue weighted by atomic mass is 17.2. The summed E-state index contributed by atoms with van der Waals surface area (Å²) >= 11 is 0. The predicted octanol–water partition coefficient (Wildman–Crippen LogP) is -3.74. The molecule has 0 amide bonds. The van der Waals surface area contributed by atoms with Crippen LogP contribution in [0.25, 0.3) is 0 Å². The van der Waals surface area contributed by atoms with E-state index in [1.165, 1.54) is 7.11 Å². The fraction of sp³-hybridized carbons (Fsp3) is 1.00. The molecular formula is C14H26O11. The van der Waals surface area contributed by atoms with E-state index in [2.05, 4.69) is 0 Å². The van der Waals surface area contributed by atoms with E-state index in [4.69, 9.17) is 29.1 Å². The normalized spacial score (nSPS) is 48.5. The molecule has 2 aliphatic heterocycles. The smallest absolute Gasteiger partial charge is 0.220 e. The van der Waals surface area contributed by atoms with Gasteiger partial charge in [0.1, 0.15) is 48.8 Å². The van der Waals surface area contributed by atoms with Crippen LogP contribution >= 0.6 is 0 Å². The maximum atomic E-state index is 10.1. The van der Waals surface area contributed by atoms with Gasteiger partial charge < -0.3 is 44.8 Å². The average molecular weight is 370 g/mol. The molecule has 0 saturated carbocycles. The molecule has 25 heavy (non-hydrogen) atoms. The van der Waals surface area contributed by atoms with Crippen molar-refractivity contribution in [2.45, 2.75) is 68.1 Å². The number of aliphatic hydroxyl groups is 6. The largest absolute Gasteiger partial charge is 0.394 e. The summed E-state index contributed by atoms with van der Waals surface area (Å²) in [5.74, 6) is 0. The van der Waals surface area contributed by atoms with Crippen molar-refractivity contribution < 1.29 is 54.6 Å². The molecule has 2 heterocycles. The minimum Gasteiger partial charge on any atom is -0.394 e. The predicted molar refractivity (Wildman–Crippen MR) is 77.9 cm³/mol. The highest BCUT2D eigenvalue weighted by Gasteiger charge is 2.48. The SMILES string of the molecule is CO[C@@H]1C(OO[C@H]2OC(CO)[C@H](O)[C@H](O)C2O)C(C)OC(CO)[C@@H]1O. The Balaban J connectivity index is 2.01. The lowest BCUT2D eigenvalue weighted by molar-refractivity contribution is -0.459. The van der Waals surface area contributed by atoms with Gasteiger partial charge in [0.15, 0.2) is 0 Å². The molecule has 2 fully saturated rings. The fourth-order valence-electron chi connectivity index (χ4n) is 2.93. The Morgan fingerprint density at radius 3 is 1.92 bits per heavy atom. The van der Waals surface area contributed by atoms with Crippen molar-refractivity contribution in [3.05, 3.63) is 0 Å². The van der Waals surface area contributed by atoms with Gasteiger partial charge in [-0.1, -0.05) is 0 Å². The molecule has 11 nitrogen and oxygen atoms in total. The van der Waals surface area contributed by atoms with Crippen molar-refractivity contribution in [3.63, 3.8) is 0 Å². The molecule has 0 aromatic heterocycles. The van der Waals surface area contributed by atoms with Crippen molar-refractivity contribution in [2.75, 3.05) is 20.3 Å². The van der Waals surface area contributed by atoms with E-state index in [-0.39, 0.29) is 0 Å². The van der Waals surface area contributed by atoms with Crippen molar-refractivity contribution in [1.29, 1.82) is 0 Å². The van der Waals surface area contributed by atoms with E-state index < -0.39 is 74.4 Å². The van der Waals surface area contributed by atoms with Crippen LogP contribution in [0.3, 0.4) is 0 Å². The lowest BCUT2D eigenvalue weighted by atomic mass is 9.96. The average Bonchev–Trinajstić information content (AvgIpc) is 2.61. The highest BCUT2D eigenvalue weighted by Crippen LogP contribution is 2.28. The number of hydrogen-bond acceptors (Lipinski definition) is 11. The Kier molecular flexibility index (Phi) is 7.49. The summed E-state index contributed by atoms with van der Waals surface area (Å²) in [6.07, 6.45) is -11.9. The third-order valence-electron chi connectivity index (χ3n) is 4.46. The summed E-state index contributed by atoms with van der Waals surface area (Å²) in [5, 5.41) is 57.8. The van der Waals surface area contributed by atoms with Crippen molar-refractivity contribution in [2.24, 2.45) is 0 Å². The molecule has 0 aliphatic carbocycles. The van der Waals surface area contributed by atoms with Gasteiger partial charge in [-0.25, -0.2) is 9.78 Å². The maximum absolute atomic E-state index is 10.1. The lowest BCUT2D eigenvalue weighted by Gasteiger charge is -2.43. The maximum Gasteiger partial charge on any atom is 0.220 e. The fourth-order valence-corrected chi connectivity index (χ4v) is 2.93. The Labute approximate surface area is 144 Å². The van der Waals surface area contributed by atoms with Crippen LogP contribution in [-0.2, 0) is 24.0 Å². The number of hydrogen-bond donors (Lipinski definition) is 6. The molecule has 148 valence electrons. The molecule has 6 N–H and O–H groups in total. The topological polar surface area (TPSA) is 168 Å². The molecular weight excluding hydrogens is 344 g/mol. The van der Waals surface area contributed by atoms with Crippen LogP contribution in [-0.4, -0.2) is 112 Å². The standard InChI is InChI=1S/C14H26O11/c1-5-12(13(21-2)9(18)7(4-16)22-5)24-25-14-11(20)10(19)8(17)6(3-15)23-14/h5-20H,3-4H2,1-2H3/t5?,6?,7?,8-,9-,10-,11?,12?,13-,14+/m0/s1. The van der Waals surface area contributed by atoms with Crippen LogP contribution in [0.15, 0.2) is 0 Å². The molecule has 0 radical (unpaired) electrons. The van der Waals surface area contributed by atoms with Crippen LogP contribution in [0, 0.1) is 0 Å². The summed E-state index contributed by atoms with van der Waals surface area (Å²) in [6.45, 7) is 0.596. The van der Waals surface area contributed by atoms with E-state index >= 15 is 0 Å². The van der Waals surface area contributed by atoms with Crippen LogP contribution in [0.1, 0.15) is 6.92 Å². The van der Waals surface area contributed by atoms with Gasteiger partial charge in [-0.15, -0.1) is 0 Å². The van der Waals surface area contributed by atoms with E-state index in [1.54, 1.807) is 6.92 Å². The molecule has 10 atom stereocenters. The summed E-state index contributed by atoms with van der Waals surface area (Å²) < 4.78 is 15.8. The second kappa shape index (κ2) is 8.97. The molecule has 2 saturated heterocycles. The summed E-state index contributed by atoms with van der Waals surface area (Å²) in [5.41, 5.74) is 0. The minimum absolute atomic E-state index is 0.411. The van der Waals surface area contributed by atoms with Gasteiger partial charge in [0.25, 0.3) is 0 Å². The highest BCUT2D eigenvalue weighted by molar-refractivity contribution is 4.92. The Hall–Kier alpha value is -0.440. The van der Waals surface area contributed by atoms with Crippen LogP contribution in [0.4, 0.5) is 0 Å². The summed E-state index contributed by atoms with van der Waals surface area (Å²) in [4.78, 5) is 10.2. The Morgan fingerprint density at radius 2 is 1.36 bits per heavy atom. The molecule has 2 rings (SSSR count). The van der Waals surface area contributed by atoms with Crippen LogP contribution in [0.5, 0.6) is 0 Å². The van der Waals surface area contributed by atoms with E-state index in [1.807, 2.05) is 0 Å². The first kappa shape index (κ1) is 20.9. The van der Waals surface area contributed by atoms with Gasteiger partial charge in [0.05, 0.1) is 19.3 Å². The molecule has 0 bridgehead atoms. The molecule has 5 unspecified atom stereocenters. The molecule has 0 aromatic carbocycles. The quantitative estimate of drug-likeness (QED) is 0.201. The second-order valence-corrected chi connectivity index (χ2v) is 6.11. The van der Waals surface area contributed by atoms with Gasteiger partial charge in [-0.2, -0.15) is 0 Å². The summed E-state index contributed by atoms with van der Waals surface area (Å²) in [7, 11) is 1.34. The first-order chi connectivity index (χ1) is 11.8. The zero-order valence-corrected chi connectivity index (χ0v) is 13.9. The van der Waals surface area contributed by atoms with Gasteiger partial charge in [0.2, 0.25) is 6.29 Å². The van der Waals surface area contributed by atoms with Crippen LogP contribution < -0.4 is 0 Å². The van der Waals surface area contributed by atoms with Crippen LogP contribution in [0.2, 0.25) is 0 Å². The molecule has 2 aliphatic rings. The van der Waals surface area contributed by atoms with E-state index in [0.29, 0.717) is 0 Å².